The molecule has 0 amide bonds. The highest BCUT2D eigenvalue weighted by atomic mass is 32.2. The summed E-state index contributed by atoms with van der Waals surface area (Å²) in [4.78, 5) is 9.02. The number of H-pyrrole nitrogens is 1. The minimum Gasteiger partial charge on any atom is -0.393 e. The van der Waals surface area contributed by atoms with E-state index < -0.39 is 24.4 Å². The van der Waals surface area contributed by atoms with Crippen LogP contribution in [0.4, 0.5) is 0 Å². The van der Waals surface area contributed by atoms with E-state index in [9.17, 15) is 15.3 Å². The highest BCUT2D eigenvalue weighted by Crippen LogP contribution is 2.38. The molecular formula is C26H36N2O5S. The van der Waals surface area contributed by atoms with Gasteiger partial charge in [0.1, 0.15) is 11.9 Å². The molecule has 7 nitrogen and oxygen atoms in total. The average Bonchev–Trinajstić information content (AvgIpc) is 3.44. The van der Waals surface area contributed by atoms with Crippen LogP contribution in [-0.2, 0) is 9.47 Å². The zero-order valence-corrected chi connectivity index (χ0v) is 21.0. The highest BCUT2D eigenvalue weighted by molar-refractivity contribution is 7.98. The molecule has 0 spiro atoms. The minimum atomic E-state index is -0.962. The predicted octanol–water partition coefficient (Wildman–Crippen LogP) is 3.50. The lowest BCUT2D eigenvalue weighted by Gasteiger charge is -2.38. The number of nitrogens with zero attached hydrogens (tertiary/aromatic N) is 1. The van der Waals surface area contributed by atoms with Crippen molar-refractivity contribution in [3.05, 3.63) is 41.9 Å². The fraction of sp³-hybridized carbons (Fsp3) is 0.577. The molecule has 0 radical (unpaired) electrons. The van der Waals surface area contributed by atoms with Crippen molar-refractivity contribution in [3.63, 3.8) is 0 Å². The third-order valence-electron chi connectivity index (χ3n) is 7.08. The summed E-state index contributed by atoms with van der Waals surface area (Å²) in [7, 11) is 0. The third-order valence-corrected chi connectivity index (χ3v) is 7.82. The number of imidazole rings is 1. The van der Waals surface area contributed by atoms with Crippen LogP contribution >= 0.6 is 11.8 Å². The van der Waals surface area contributed by atoms with E-state index in [1.54, 1.807) is 18.7 Å². The van der Waals surface area contributed by atoms with E-state index in [1.165, 1.54) is 4.90 Å². The summed E-state index contributed by atoms with van der Waals surface area (Å²) in [5, 5.41) is 31.2. The quantitative estimate of drug-likeness (QED) is 0.316. The molecule has 1 aromatic heterocycles. The van der Waals surface area contributed by atoms with E-state index in [-0.39, 0.29) is 24.0 Å². The summed E-state index contributed by atoms with van der Waals surface area (Å²) < 4.78 is 11.7. The molecule has 0 saturated carbocycles. The van der Waals surface area contributed by atoms with Crippen LogP contribution in [-0.4, -0.2) is 74.8 Å². The van der Waals surface area contributed by atoms with E-state index in [1.807, 2.05) is 26.1 Å². The maximum atomic E-state index is 10.7. The van der Waals surface area contributed by atoms with Gasteiger partial charge in [-0.15, -0.1) is 11.8 Å². The van der Waals surface area contributed by atoms with Crippen LogP contribution in [0.25, 0.3) is 17.3 Å². The van der Waals surface area contributed by atoms with Gasteiger partial charge in [0.05, 0.1) is 49.0 Å². The second kappa shape index (κ2) is 10.9. The summed E-state index contributed by atoms with van der Waals surface area (Å²) in [6.45, 7) is 6.08. The summed E-state index contributed by atoms with van der Waals surface area (Å²) in [6.07, 6.45) is 4.24. The van der Waals surface area contributed by atoms with Crippen LogP contribution in [0, 0.1) is 11.8 Å². The largest absolute Gasteiger partial charge is 0.393 e. The first-order chi connectivity index (χ1) is 16.3. The number of thioether (sulfide) groups is 1. The van der Waals surface area contributed by atoms with Crippen molar-refractivity contribution in [2.24, 2.45) is 11.8 Å². The SMILES string of the molecule is CSc1ccc(-c2cnc(/C=C(\C)C[C@@H]3OC[C@H](C[C@@H]4O[C@H]4[C@@H](C)[C@H](C)O)[C@@H](O)[C@H]3O)[nH]2)cc1. The molecule has 34 heavy (non-hydrogen) atoms. The topological polar surface area (TPSA) is 111 Å². The maximum absolute atomic E-state index is 10.7. The molecule has 2 saturated heterocycles. The zero-order chi connectivity index (χ0) is 24.4. The fourth-order valence-corrected chi connectivity index (χ4v) is 5.06. The molecule has 2 aliphatic heterocycles. The molecule has 3 heterocycles. The maximum Gasteiger partial charge on any atom is 0.130 e. The highest BCUT2D eigenvalue weighted by Gasteiger charge is 2.48. The Morgan fingerprint density at radius 1 is 1.21 bits per heavy atom. The molecule has 0 aliphatic carbocycles. The smallest absolute Gasteiger partial charge is 0.130 e. The molecule has 8 atom stereocenters. The van der Waals surface area contributed by atoms with E-state index in [0.29, 0.717) is 19.4 Å². The Morgan fingerprint density at radius 3 is 2.62 bits per heavy atom. The van der Waals surface area contributed by atoms with Gasteiger partial charge in [-0.05, 0) is 56.7 Å². The Morgan fingerprint density at radius 2 is 1.94 bits per heavy atom. The molecule has 0 unspecified atom stereocenters. The lowest BCUT2D eigenvalue weighted by molar-refractivity contribution is -0.165. The van der Waals surface area contributed by atoms with Crippen LogP contribution in [0.5, 0.6) is 0 Å². The van der Waals surface area contributed by atoms with Crippen molar-refractivity contribution in [2.45, 2.75) is 75.1 Å². The number of aliphatic hydroxyl groups excluding tert-OH is 3. The predicted molar refractivity (Wildman–Crippen MR) is 133 cm³/mol. The molecule has 2 fully saturated rings. The molecule has 8 heteroatoms. The van der Waals surface area contributed by atoms with Crippen molar-refractivity contribution in [1.29, 1.82) is 0 Å². The molecule has 1 aromatic carbocycles. The number of aromatic amines is 1. The van der Waals surface area contributed by atoms with Gasteiger partial charge in [-0.1, -0.05) is 24.6 Å². The fourth-order valence-electron chi connectivity index (χ4n) is 4.65. The standard InChI is InChI=1S/C26H36N2O5S/c1-14(10-23-27-12-20(28-23)17-5-7-19(34-4)8-6-17)9-21-25(31)24(30)18(13-32-21)11-22-26(33-22)15(2)16(3)29/h5-8,10,12,15-16,18,21-22,24-26,29-31H,9,11,13H2,1-4H3,(H,27,28)/b14-10+/t15-,16-,18-,21-,22-,24+,25-,26-/m0/s1. The van der Waals surface area contributed by atoms with E-state index in [0.717, 1.165) is 22.7 Å². The molecule has 0 bridgehead atoms. The monoisotopic (exact) mass is 488 g/mol. The van der Waals surface area contributed by atoms with Crippen LogP contribution < -0.4 is 0 Å². The van der Waals surface area contributed by atoms with Crippen molar-refractivity contribution >= 4 is 17.8 Å². The minimum absolute atomic E-state index is 0.00307. The Hall–Kier alpha value is -1.68. The first kappa shape index (κ1) is 25.4. The van der Waals surface area contributed by atoms with Gasteiger partial charge in [0.15, 0.2) is 0 Å². The molecule has 2 aromatic rings. The Balaban J connectivity index is 1.30. The number of benzene rings is 1. The second-order valence-electron chi connectivity index (χ2n) is 9.69. The van der Waals surface area contributed by atoms with E-state index in [2.05, 4.69) is 40.5 Å². The average molecular weight is 489 g/mol. The van der Waals surface area contributed by atoms with Crippen LogP contribution in [0.1, 0.15) is 39.4 Å². The molecule has 4 rings (SSSR count). The van der Waals surface area contributed by atoms with Crippen molar-refractivity contribution < 1.29 is 24.8 Å². The molecule has 186 valence electrons. The van der Waals surface area contributed by atoms with Gasteiger partial charge in [-0.2, -0.15) is 0 Å². The van der Waals surface area contributed by atoms with Crippen LogP contribution in [0.2, 0.25) is 0 Å². The van der Waals surface area contributed by atoms with Gasteiger partial charge in [0.25, 0.3) is 0 Å². The lowest BCUT2D eigenvalue weighted by atomic mass is 9.85. The number of hydrogen-bond acceptors (Lipinski definition) is 7. The van der Waals surface area contributed by atoms with Crippen LogP contribution in [0.3, 0.4) is 0 Å². The lowest BCUT2D eigenvalue weighted by Crippen LogP contribution is -2.50. The Kier molecular flexibility index (Phi) is 8.17. The van der Waals surface area contributed by atoms with Crippen molar-refractivity contribution in [1.82, 2.24) is 9.97 Å². The number of rotatable bonds is 9. The van der Waals surface area contributed by atoms with Gasteiger partial charge < -0.3 is 29.8 Å². The van der Waals surface area contributed by atoms with Crippen molar-refractivity contribution in [2.75, 3.05) is 12.9 Å². The number of aromatic nitrogens is 2. The second-order valence-corrected chi connectivity index (χ2v) is 10.6. The number of nitrogens with one attached hydrogen (secondary N) is 1. The van der Waals surface area contributed by atoms with Crippen LogP contribution in [0.15, 0.2) is 40.9 Å². The Bertz CT molecular complexity index is 976. The number of hydrogen-bond donors (Lipinski definition) is 4. The number of epoxide rings is 1. The summed E-state index contributed by atoms with van der Waals surface area (Å²) in [5.41, 5.74) is 3.03. The summed E-state index contributed by atoms with van der Waals surface area (Å²) in [5.74, 6) is 0.611. The van der Waals surface area contributed by atoms with Crippen molar-refractivity contribution in [3.8, 4) is 11.3 Å². The third kappa shape index (κ3) is 5.93. The number of ether oxygens (including phenoxy) is 2. The molecular weight excluding hydrogens is 452 g/mol. The Labute approximate surface area is 205 Å². The van der Waals surface area contributed by atoms with E-state index in [4.69, 9.17) is 9.47 Å². The van der Waals surface area contributed by atoms with Gasteiger partial charge in [-0.25, -0.2) is 4.98 Å². The first-order valence-corrected chi connectivity index (χ1v) is 13.2. The normalized spacial score (nSPS) is 31.3. The summed E-state index contributed by atoms with van der Waals surface area (Å²) in [6, 6.07) is 8.32. The van der Waals surface area contributed by atoms with E-state index >= 15 is 0 Å². The van der Waals surface area contributed by atoms with Gasteiger partial charge >= 0.3 is 0 Å². The molecule has 4 N–H and O–H groups in total. The first-order valence-electron chi connectivity index (χ1n) is 11.9. The summed E-state index contributed by atoms with van der Waals surface area (Å²) >= 11 is 1.71. The zero-order valence-electron chi connectivity index (χ0n) is 20.2. The van der Waals surface area contributed by atoms with Gasteiger partial charge in [0, 0.05) is 16.7 Å². The number of aliphatic hydroxyl groups is 3. The van der Waals surface area contributed by atoms with Gasteiger partial charge in [0.2, 0.25) is 0 Å². The van der Waals surface area contributed by atoms with Gasteiger partial charge in [-0.3, -0.25) is 0 Å². The molecule has 2 aliphatic rings.